The SMILES string of the molecule is CC(C)(C)NC(=O)c1ccccc1NC(=O)c1ccc(-c2ccccc2)cc1. The summed E-state index contributed by atoms with van der Waals surface area (Å²) in [4.78, 5) is 25.2. The monoisotopic (exact) mass is 372 g/mol. The number of anilines is 1. The Labute approximate surface area is 165 Å². The predicted octanol–water partition coefficient (Wildman–Crippen LogP) is 5.13. The molecule has 4 nitrogen and oxygen atoms in total. The third-order valence-corrected chi connectivity index (χ3v) is 4.16. The van der Waals surface area contributed by atoms with Crippen molar-refractivity contribution in [1.82, 2.24) is 5.32 Å². The van der Waals surface area contributed by atoms with Gasteiger partial charge in [0, 0.05) is 11.1 Å². The molecule has 3 aromatic carbocycles. The van der Waals surface area contributed by atoms with Crippen LogP contribution in [-0.4, -0.2) is 17.4 Å². The lowest BCUT2D eigenvalue weighted by Crippen LogP contribution is -2.40. The molecule has 0 radical (unpaired) electrons. The van der Waals surface area contributed by atoms with E-state index < -0.39 is 0 Å². The number of nitrogens with one attached hydrogen (secondary N) is 2. The second-order valence-corrected chi connectivity index (χ2v) is 7.65. The molecule has 4 heteroatoms. The Balaban J connectivity index is 1.77. The Morgan fingerprint density at radius 2 is 1.25 bits per heavy atom. The third-order valence-electron chi connectivity index (χ3n) is 4.16. The van der Waals surface area contributed by atoms with Gasteiger partial charge in [0.25, 0.3) is 11.8 Å². The largest absolute Gasteiger partial charge is 0.347 e. The number of carbonyl (C=O) groups is 2. The Bertz CT molecular complexity index is 971. The molecule has 0 aromatic heterocycles. The summed E-state index contributed by atoms with van der Waals surface area (Å²) in [5, 5.41) is 5.78. The minimum atomic E-state index is -0.360. The van der Waals surface area contributed by atoms with Gasteiger partial charge in [-0.05, 0) is 56.2 Å². The first-order valence-electron chi connectivity index (χ1n) is 9.22. The third kappa shape index (κ3) is 4.86. The highest BCUT2D eigenvalue weighted by Crippen LogP contribution is 2.21. The molecule has 2 N–H and O–H groups in total. The molecule has 0 aliphatic heterocycles. The van der Waals surface area contributed by atoms with Crippen molar-refractivity contribution >= 4 is 17.5 Å². The molecular weight excluding hydrogens is 348 g/mol. The Kier molecular flexibility index (Phi) is 5.59. The summed E-state index contributed by atoms with van der Waals surface area (Å²) in [5.74, 6) is -0.474. The lowest BCUT2D eigenvalue weighted by molar-refractivity contribution is 0.0920. The molecule has 0 aliphatic carbocycles. The van der Waals surface area contributed by atoms with Gasteiger partial charge < -0.3 is 10.6 Å². The standard InChI is InChI=1S/C24H24N2O2/c1-24(2,3)26-23(28)20-11-7-8-12-21(20)25-22(27)19-15-13-18(14-16-19)17-9-5-4-6-10-17/h4-16H,1-3H3,(H,25,27)(H,26,28). The van der Waals surface area contributed by atoms with Crippen molar-refractivity contribution in [3.05, 3.63) is 90.0 Å². The van der Waals surface area contributed by atoms with Crippen LogP contribution in [0.15, 0.2) is 78.9 Å². The molecule has 0 heterocycles. The number of para-hydroxylation sites is 1. The number of hydrogen-bond donors (Lipinski definition) is 2. The molecule has 2 amide bonds. The fourth-order valence-electron chi connectivity index (χ4n) is 2.84. The zero-order chi connectivity index (χ0) is 20.1. The van der Waals surface area contributed by atoms with Crippen LogP contribution in [0.4, 0.5) is 5.69 Å². The normalized spacial score (nSPS) is 11.0. The number of hydrogen-bond acceptors (Lipinski definition) is 2. The second-order valence-electron chi connectivity index (χ2n) is 7.65. The Morgan fingerprint density at radius 3 is 1.89 bits per heavy atom. The van der Waals surface area contributed by atoms with E-state index in [9.17, 15) is 9.59 Å². The quantitative estimate of drug-likeness (QED) is 0.667. The van der Waals surface area contributed by atoms with Gasteiger partial charge in [-0.25, -0.2) is 0 Å². The van der Waals surface area contributed by atoms with E-state index in [2.05, 4.69) is 10.6 Å². The fourth-order valence-corrected chi connectivity index (χ4v) is 2.84. The fraction of sp³-hybridized carbons (Fsp3) is 0.167. The molecule has 28 heavy (non-hydrogen) atoms. The molecule has 0 saturated carbocycles. The number of benzene rings is 3. The molecule has 3 rings (SSSR count). The van der Waals surface area contributed by atoms with Gasteiger partial charge in [0.2, 0.25) is 0 Å². The summed E-state index contributed by atoms with van der Waals surface area (Å²) >= 11 is 0. The molecule has 0 saturated heterocycles. The number of rotatable bonds is 4. The minimum Gasteiger partial charge on any atom is -0.347 e. The summed E-state index contributed by atoms with van der Waals surface area (Å²) in [7, 11) is 0. The van der Waals surface area contributed by atoms with E-state index in [1.165, 1.54) is 0 Å². The van der Waals surface area contributed by atoms with Crippen LogP contribution in [0.3, 0.4) is 0 Å². The lowest BCUT2D eigenvalue weighted by Gasteiger charge is -2.21. The van der Waals surface area contributed by atoms with Crippen molar-refractivity contribution in [2.45, 2.75) is 26.3 Å². The van der Waals surface area contributed by atoms with Crippen LogP contribution in [0.5, 0.6) is 0 Å². The van der Waals surface area contributed by atoms with Crippen LogP contribution in [0.25, 0.3) is 11.1 Å². The van der Waals surface area contributed by atoms with Crippen LogP contribution in [0, 0.1) is 0 Å². The number of amides is 2. The van der Waals surface area contributed by atoms with Crippen molar-refractivity contribution < 1.29 is 9.59 Å². The van der Waals surface area contributed by atoms with Gasteiger partial charge in [-0.3, -0.25) is 9.59 Å². The van der Waals surface area contributed by atoms with E-state index in [0.29, 0.717) is 16.8 Å². The van der Waals surface area contributed by atoms with Crippen LogP contribution < -0.4 is 10.6 Å². The summed E-state index contributed by atoms with van der Waals surface area (Å²) in [6, 6.07) is 24.4. The Morgan fingerprint density at radius 1 is 0.679 bits per heavy atom. The predicted molar refractivity (Wildman–Crippen MR) is 113 cm³/mol. The van der Waals surface area contributed by atoms with Crippen LogP contribution in [0.1, 0.15) is 41.5 Å². The minimum absolute atomic E-state index is 0.220. The van der Waals surface area contributed by atoms with Gasteiger partial charge in [-0.2, -0.15) is 0 Å². The van der Waals surface area contributed by atoms with E-state index in [1.54, 1.807) is 36.4 Å². The average molecular weight is 372 g/mol. The van der Waals surface area contributed by atoms with Crippen LogP contribution in [-0.2, 0) is 0 Å². The molecule has 3 aromatic rings. The summed E-state index contributed by atoms with van der Waals surface area (Å²) in [6.45, 7) is 5.75. The maximum absolute atomic E-state index is 12.7. The van der Waals surface area contributed by atoms with Crippen molar-refractivity contribution in [2.75, 3.05) is 5.32 Å². The maximum atomic E-state index is 12.7. The van der Waals surface area contributed by atoms with Crippen molar-refractivity contribution in [1.29, 1.82) is 0 Å². The smallest absolute Gasteiger partial charge is 0.255 e. The molecule has 142 valence electrons. The highest BCUT2D eigenvalue weighted by atomic mass is 16.2. The van der Waals surface area contributed by atoms with E-state index in [1.807, 2.05) is 63.2 Å². The molecule has 0 spiro atoms. The van der Waals surface area contributed by atoms with E-state index in [-0.39, 0.29) is 17.4 Å². The molecule has 0 unspecified atom stereocenters. The first-order chi connectivity index (χ1) is 13.3. The Hall–Kier alpha value is -3.40. The molecule has 0 atom stereocenters. The molecular formula is C24H24N2O2. The highest BCUT2D eigenvalue weighted by Gasteiger charge is 2.19. The summed E-state index contributed by atoms with van der Waals surface area (Å²) in [5.41, 5.74) is 3.24. The van der Waals surface area contributed by atoms with E-state index >= 15 is 0 Å². The van der Waals surface area contributed by atoms with E-state index in [4.69, 9.17) is 0 Å². The average Bonchev–Trinajstić information content (AvgIpc) is 2.68. The van der Waals surface area contributed by atoms with Gasteiger partial charge in [0.1, 0.15) is 0 Å². The molecule has 0 aliphatic rings. The molecule has 0 fully saturated rings. The first-order valence-corrected chi connectivity index (χ1v) is 9.22. The van der Waals surface area contributed by atoms with Gasteiger partial charge in [0.15, 0.2) is 0 Å². The van der Waals surface area contributed by atoms with Gasteiger partial charge in [-0.15, -0.1) is 0 Å². The van der Waals surface area contributed by atoms with Gasteiger partial charge in [-0.1, -0.05) is 54.6 Å². The van der Waals surface area contributed by atoms with E-state index in [0.717, 1.165) is 11.1 Å². The van der Waals surface area contributed by atoms with Crippen molar-refractivity contribution in [3.63, 3.8) is 0 Å². The second kappa shape index (κ2) is 8.09. The first kappa shape index (κ1) is 19.4. The number of carbonyl (C=O) groups excluding carboxylic acids is 2. The molecule has 0 bridgehead atoms. The zero-order valence-electron chi connectivity index (χ0n) is 16.3. The van der Waals surface area contributed by atoms with Gasteiger partial charge >= 0.3 is 0 Å². The van der Waals surface area contributed by atoms with Crippen molar-refractivity contribution in [3.8, 4) is 11.1 Å². The van der Waals surface area contributed by atoms with Gasteiger partial charge in [0.05, 0.1) is 11.3 Å². The topological polar surface area (TPSA) is 58.2 Å². The van der Waals surface area contributed by atoms with Crippen molar-refractivity contribution in [2.24, 2.45) is 0 Å². The van der Waals surface area contributed by atoms with Crippen LogP contribution >= 0.6 is 0 Å². The van der Waals surface area contributed by atoms with Crippen LogP contribution in [0.2, 0.25) is 0 Å². The zero-order valence-corrected chi connectivity index (χ0v) is 16.3. The lowest BCUT2D eigenvalue weighted by atomic mass is 10.0. The maximum Gasteiger partial charge on any atom is 0.255 e. The highest BCUT2D eigenvalue weighted by molar-refractivity contribution is 6.09. The summed E-state index contributed by atoms with van der Waals surface area (Å²) < 4.78 is 0. The summed E-state index contributed by atoms with van der Waals surface area (Å²) in [6.07, 6.45) is 0.